The fraction of sp³-hybridized carbons (Fsp3) is 0.333. The van der Waals surface area contributed by atoms with Crippen LogP contribution in [-0.4, -0.2) is 26.4 Å². The highest BCUT2D eigenvalue weighted by Crippen LogP contribution is 2.19. The minimum atomic E-state index is -0.323. The quantitative estimate of drug-likeness (QED) is 0.682. The normalized spacial score (nSPS) is 10.7. The number of aromatic amines is 1. The second kappa shape index (κ2) is 10.9. The molecular weight excluding hydrogens is 304 g/mol. The maximum atomic E-state index is 12.0. The van der Waals surface area contributed by atoms with Gasteiger partial charge in [-0.3, -0.25) is 19.0 Å². The number of carbonyl (C=O) groups excluding carboxylic acids is 1. The van der Waals surface area contributed by atoms with Crippen molar-refractivity contribution in [1.82, 2.24) is 14.4 Å². The predicted molar refractivity (Wildman–Crippen MR) is 101 cm³/mol. The zero-order valence-electron chi connectivity index (χ0n) is 15.3. The van der Waals surface area contributed by atoms with Crippen LogP contribution in [0.15, 0.2) is 40.9 Å². The number of fused-ring (bicyclic) bond motifs is 1. The first-order valence-corrected chi connectivity index (χ1v) is 8.02. The van der Waals surface area contributed by atoms with E-state index in [4.69, 9.17) is 0 Å². The van der Waals surface area contributed by atoms with E-state index >= 15 is 0 Å². The van der Waals surface area contributed by atoms with Crippen LogP contribution in [0.4, 0.5) is 0 Å². The van der Waals surface area contributed by atoms with Gasteiger partial charge in [0, 0.05) is 25.5 Å². The molecule has 0 atom stereocenters. The van der Waals surface area contributed by atoms with Crippen LogP contribution in [0.2, 0.25) is 0 Å². The molecule has 0 aliphatic heterocycles. The molecule has 0 fully saturated rings. The first-order valence-electron chi connectivity index (χ1n) is 8.02. The molecule has 24 heavy (non-hydrogen) atoms. The number of allylic oxidation sites excluding steroid dienone is 2. The fourth-order valence-electron chi connectivity index (χ4n) is 1.88. The Morgan fingerprint density at radius 1 is 1.33 bits per heavy atom. The molecule has 0 amide bonds. The Morgan fingerprint density at radius 3 is 2.46 bits per heavy atom. The van der Waals surface area contributed by atoms with Gasteiger partial charge in [0.2, 0.25) is 0 Å². The lowest BCUT2D eigenvalue weighted by Crippen LogP contribution is -2.10. The highest BCUT2D eigenvalue weighted by atomic mass is 16.1. The van der Waals surface area contributed by atoms with Crippen molar-refractivity contribution >= 4 is 23.2 Å². The Labute approximate surface area is 142 Å². The molecule has 0 aliphatic rings. The van der Waals surface area contributed by atoms with Crippen molar-refractivity contribution in [3.05, 3.63) is 53.0 Å². The number of nitrogens with one attached hydrogen (secondary N) is 1. The Balaban J connectivity index is 0.00000123. The van der Waals surface area contributed by atoms with Crippen LogP contribution in [-0.2, 0) is 0 Å². The van der Waals surface area contributed by atoms with Crippen molar-refractivity contribution < 1.29 is 4.79 Å². The smallest absolute Gasteiger partial charge is 0.274 e. The van der Waals surface area contributed by atoms with Gasteiger partial charge in [-0.25, -0.2) is 4.98 Å². The van der Waals surface area contributed by atoms with Crippen molar-refractivity contribution in [2.24, 2.45) is 4.99 Å². The number of hydrogen-bond acceptors (Lipinski definition) is 4. The minimum Gasteiger partial charge on any atom is -0.326 e. The molecule has 6 heteroatoms. The topological polar surface area (TPSA) is 79.6 Å². The maximum absolute atomic E-state index is 12.0. The molecule has 2 heterocycles. The molecule has 130 valence electrons. The molecule has 0 spiro atoms. The van der Waals surface area contributed by atoms with E-state index < -0.39 is 0 Å². The number of aromatic nitrogens is 3. The summed E-state index contributed by atoms with van der Waals surface area (Å²) in [5.74, 6) is -0.0192. The Morgan fingerprint density at radius 2 is 1.96 bits per heavy atom. The summed E-state index contributed by atoms with van der Waals surface area (Å²) in [6, 6.07) is 0. The number of carbonyl (C=O) groups is 1. The summed E-state index contributed by atoms with van der Waals surface area (Å²) >= 11 is 0. The van der Waals surface area contributed by atoms with Crippen LogP contribution < -0.4 is 5.56 Å². The van der Waals surface area contributed by atoms with Crippen LogP contribution in [0.25, 0.3) is 11.2 Å². The summed E-state index contributed by atoms with van der Waals surface area (Å²) < 4.78 is 1.48. The number of imidazole rings is 1. The molecule has 0 radical (unpaired) electrons. The third kappa shape index (κ3) is 4.62. The molecule has 0 bridgehead atoms. The number of ketones is 1. The van der Waals surface area contributed by atoms with E-state index in [1.165, 1.54) is 29.8 Å². The first-order chi connectivity index (χ1) is 11.6. The van der Waals surface area contributed by atoms with Gasteiger partial charge in [-0.15, -0.1) is 0 Å². The van der Waals surface area contributed by atoms with Gasteiger partial charge >= 0.3 is 0 Å². The average Bonchev–Trinajstić information content (AvgIpc) is 3.00. The number of nitrogens with zero attached hydrogens (tertiary/aromatic N) is 3. The molecule has 0 saturated heterocycles. The first kappa shape index (κ1) is 21.2. The third-order valence-electron chi connectivity index (χ3n) is 2.71. The lowest BCUT2D eigenvalue weighted by Gasteiger charge is -1.97. The van der Waals surface area contributed by atoms with Crippen LogP contribution in [0.3, 0.4) is 0 Å². The van der Waals surface area contributed by atoms with E-state index in [2.05, 4.69) is 21.5 Å². The molecular formula is C18H26N4O2. The average molecular weight is 330 g/mol. The van der Waals surface area contributed by atoms with Gasteiger partial charge in [-0.2, -0.15) is 0 Å². The van der Waals surface area contributed by atoms with Gasteiger partial charge in [0.05, 0.1) is 5.70 Å². The van der Waals surface area contributed by atoms with Gasteiger partial charge in [0.15, 0.2) is 11.6 Å². The van der Waals surface area contributed by atoms with Crippen molar-refractivity contribution in [2.75, 3.05) is 0 Å². The molecule has 0 saturated carbocycles. The third-order valence-corrected chi connectivity index (χ3v) is 2.71. The van der Waals surface area contributed by atoms with Crippen LogP contribution in [0, 0.1) is 0 Å². The van der Waals surface area contributed by atoms with Crippen LogP contribution in [0.1, 0.15) is 57.9 Å². The largest absolute Gasteiger partial charge is 0.326 e. The van der Waals surface area contributed by atoms with Gasteiger partial charge in [-0.05, 0) is 6.92 Å². The van der Waals surface area contributed by atoms with Crippen molar-refractivity contribution in [2.45, 2.75) is 41.5 Å². The second-order valence-electron chi connectivity index (χ2n) is 4.04. The van der Waals surface area contributed by atoms with E-state index in [1.807, 2.05) is 27.7 Å². The van der Waals surface area contributed by atoms with E-state index in [1.54, 1.807) is 19.2 Å². The number of aliphatic imine (C=N–C) groups is 1. The monoisotopic (exact) mass is 330 g/mol. The zero-order chi connectivity index (χ0) is 18.7. The van der Waals surface area contributed by atoms with E-state index in [-0.39, 0.29) is 17.2 Å². The van der Waals surface area contributed by atoms with Crippen molar-refractivity contribution in [3.63, 3.8) is 0 Å². The fourth-order valence-corrected chi connectivity index (χ4v) is 1.88. The molecule has 0 aliphatic carbocycles. The number of Topliss-reactive ketones (excluding diaryl/α,β-unsaturated/α-hetero) is 1. The summed E-state index contributed by atoms with van der Waals surface area (Å²) in [6.07, 6.45) is 7.81. The minimum absolute atomic E-state index is 0.203. The lowest BCUT2D eigenvalue weighted by atomic mass is 10.3. The Bertz CT molecular complexity index is 795. The predicted octanol–water partition coefficient (Wildman–Crippen LogP) is 3.90. The highest BCUT2D eigenvalue weighted by Gasteiger charge is 2.18. The van der Waals surface area contributed by atoms with E-state index in [9.17, 15) is 9.59 Å². The maximum Gasteiger partial charge on any atom is 0.274 e. The molecule has 0 aromatic carbocycles. The van der Waals surface area contributed by atoms with Crippen molar-refractivity contribution in [1.29, 1.82) is 0 Å². The molecule has 6 nitrogen and oxygen atoms in total. The van der Waals surface area contributed by atoms with Crippen LogP contribution >= 0.6 is 0 Å². The van der Waals surface area contributed by atoms with Crippen molar-refractivity contribution in [3.8, 4) is 0 Å². The van der Waals surface area contributed by atoms with E-state index in [0.29, 0.717) is 16.9 Å². The van der Waals surface area contributed by atoms with Crippen LogP contribution in [0.5, 0.6) is 0 Å². The summed E-state index contributed by atoms with van der Waals surface area (Å²) in [7, 11) is 0. The van der Waals surface area contributed by atoms with Gasteiger partial charge < -0.3 is 4.98 Å². The summed E-state index contributed by atoms with van der Waals surface area (Å²) in [4.78, 5) is 34.6. The number of hydrogen-bond donors (Lipinski definition) is 1. The van der Waals surface area contributed by atoms with E-state index in [0.717, 1.165) is 0 Å². The molecule has 0 unspecified atom stereocenters. The SMILES string of the molecule is C=CC=N/C(=C\C)c1nc(C(C)=O)n2cc[nH]c(=O)c12.CC.CC. The molecule has 2 aromatic rings. The Hall–Kier alpha value is -2.76. The van der Waals surface area contributed by atoms with Gasteiger partial charge in [-0.1, -0.05) is 46.4 Å². The highest BCUT2D eigenvalue weighted by molar-refractivity contribution is 5.94. The zero-order valence-corrected chi connectivity index (χ0v) is 15.3. The Kier molecular flexibility index (Phi) is 9.63. The molecule has 2 rings (SSSR count). The molecule has 1 N–H and O–H groups in total. The summed E-state index contributed by atoms with van der Waals surface area (Å²) in [5, 5.41) is 0. The van der Waals surface area contributed by atoms with Gasteiger partial charge in [0.25, 0.3) is 5.56 Å². The lowest BCUT2D eigenvalue weighted by molar-refractivity contribution is 0.100. The standard InChI is InChI=1S/C14H14N4O2.2C2H6/c1-4-6-15-10(5-2)11-12-14(20)16-7-8-18(12)13(17-11)9(3)19;2*1-2/h4-8H,1H2,2-3H3,(H,16,20);2*1-2H3/b10-5-,15-6?;;. The second-order valence-corrected chi connectivity index (χ2v) is 4.04. The number of rotatable bonds is 4. The molecule has 2 aromatic heterocycles. The number of H-pyrrole nitrogens is 1. The summed E-state index contributed by atoms with van der Waals surface area (Å²) in [6.45, 7) is 14.7. The summed E-state index contributed by atoms with van der Waals surface area (Å²) in [5.41, 5.74) is 0.854. The van der Waals surface area contributed by atoms with Gasteiger partial charge in [0.1, 0.15) is 11.2 Å².